The molecule has 164 valence electrons. The number of rotatable bonds is 6. The van der Waals surface area contributed by atoms with Crippen molar-refractivity contribution in [1.29, 1.82) is 0 Å². The average Bonchev–Trinajstić information content (AvgIpc) is 2.78. The van der Waals surface area contributed by atoms with Gasteiger partial charge >= 0.3 is 0 Å². The highest BCUT2D eigenvalue weighted by Gasteiger charge is 2.14. The Morgan fingerprint density at radius 1 is 1.00 bits per heavy atom. The standard InChI is InChI=1S/C23H20ClN3O4S/c1-15(22(28)27-21-12-11-18(24)14-25-21)13-26-23(29)17-9-7-16(8-10-17)19-5-3-4-6-20(19)32(2,30)31/h3-14H,1-2H3,(H,26,29)(H,25,27,28)/b15-13-. The van der Waals surface area contributed by atoms with Crippen molar-refractivity contribution >= 4 is 39.1 Å². The fraction of sp³-hybridized carbons (Fsp3) is 0.0870. The van der Waals surface area contributed by atoms with Gasteiger partial charge in [-0.1, -0.05) is 41.9 Å². The average molecular weight is 470 g/mol. The third kappa shape index (κ3) is 5.81. The van der Waals surface area contributed by atoms with E-state index in [4.69, 9.17) is 11.6 Å². The van der Waals surface area contributed by atoms with Crippen LogP contribution in [0.2, 0.25) is 5.02 Å². The van der Waals surface area contributed by atoms with Crippen molar-refractivity contribution in [3.63, 3.8) is 0 Å². The maximum absolute atomic E-state index is 12.4. The highest BCUT2D eigenvalue weighted by atomic mass is 35.5. The lowest BCUT2D eigenvalue weighted by molar-refractivity contribution is -0.112. The minimum atomic E-state index is -3.40. The van der Waals surface area contributed by atoms with E-state index in [1.165, 1.54) is 12.4 Å². The van der Waals surface area contributed by atoms with E-state index >= 15 is 0 Å². The SMILES string of the molecule is C/C(=C/NC(=O)c1ccc(-c2ccccc2S(C)(=O)=O)cc1)C(=O)Nc1ccc(Cl)cn1. The summed E-state index contributed by atoms with van der Waals surface area (Å²) in [5, 5.41) is 5.62. The summed E-state index contributed by atoms with van der Waals surface area (Å²) in [5.41, 5.74) is 1.86. The first-order valence-corrected chi connectivity index (χ1v) is 11.7. The third-order valence-corrected chi connectivity index (χ3v) is 5.87. The van der Waals surface area contributed by atoms with Crippen LogP contribution in [0.3, 0.4) is 0 Å². The van der Waals surface area contributed by atoms with Crippen molar-refractivity contribution in [3.05, 3.63) is 89.2 Å². The summed E-state index contributed by atoms with van der Waals surface area (Å²) in [6.45, 7) is 1.55. The molecule has 7 nitrogen and oxygen atoms in total. The second-order valence-corrected chi connectivity index (χ2v) is 9.38. The predicted octanol–water partition coefficient (Wildman–Crippen LogP) is 4.08. The molecule has 0 unspecified atom stereocenters. The van der Waals surface area contributed by atoms with Crippen LogP contribution in [0.4, 0.5) is 5.82 Å². The number of nitrogens with one attached hydrogen (secondary N) is 2. The van der Waals surface area contributed by atoms with Crippen molar-refractivity contribution in [2.24, 2.45) is 0 Å². The highest BCUT2D eigenvalue weighted by molar-refractivity contribution is 7.90. The largest absolute Gasteiger partial charge is 0.328 e. The number of carbonyl (C=O) groups is 2. The van der Waals surface area contributed by atoms with Gasteiger partial charge in [0.2, 0.25) is 0 Å². The Bertz CT molecular complexity index is 1290. The summed E-state index contributed by atoms with van der Waals surface area (Å²) in [6, 6.07) is 16.4. The van der Waals surface area contributed by atoms with Gasteiger partial charge in [-0.15, -0.1) is 0 Å². The molecule has 0 radical (unpaired) electrons. The molecule has 3 rings (SSSR count). The molecule has 1 heterocycles. The lowest BCUT2D eigenvalue weighted by Gasteiger charge is -2.09. The molecular formula is C23H20ClN3O4S. The van der Waals surface area contributed by atoms with Gasteiger partial charge in [0.05, 0.1) is 9.92 Å². The Kier molecular flexibility index (Phi) is 7.07. The van der Waals surface area contributed by atoms with Crippen LogP contribution >= 0.6 is 11.6 Å². The van der Waals surface area contributed by atoms with Crippen LogP contribution in [0, 0.1) is 0 Å². The third-order valence-electron chi connectivity index (χ3n) is 4.49. The molecular weight excluding hydrogens is 450 g/mol. The molecule has 0 aliphatic carbocycles. The molecule has 3 aromatic rings. The summed E-state index contributed by atoms with van der Waals surface area (Å²) in [6.07, 6.45) is 3.87. The Balaban J connectivity index is 1.69. The van der Waals surface area contributed by atoms with Crippen LogP contribution in [0.1, 0.15) is 17.3 Å². The lowest BCUT2D eigenvalue weighted by atomic mass is 10.0. The van der Waals surface area contributed by atoms with Gasteiger partial charge in [0.1, 0.15) is 5.82 Å². The minimum Gasteiger partial charge on any atom is -0.328 e. The Labute approximate surface area is 191 Å². The summed E-state index contributed by atoms with van der Waals surface area (Å²) < 4.78 is 24.0. The predicted molar refractivity (Wildman–Crippen MR) is 124 cm³/mol. The monoisotopic (exact) mass is 469 g/mol. The Hall–Kier alpha value is -3.49. The summed E-state index contributed by atoms with van der Waals surface area (Å²) in [7, 11) is -3.40. The first-order valence-electron chi connectivity index (χ1n) is 9.45. The number of pyridine rings is 1. The number of hydrogen-bond acceptors (Lipinski definition) is 5. The maximum Gasteiger partial charge on any atom is 0.255 e. The molecule has 2 amide bonds. The molecule has 0 fully saturated rings. The van der Waals surface area contributed by atoms with Crippen molar-refractivity contribution in [2.75, 3.05) is 11.6 Å². The van der Waals surface area contributed by atoms with Gasteiger partial charge < -0.3 is 10.6 Å². The van der Waals surface area contributed by atoms with Crippen LogP contribution < -0.4 is 10.6 Å². The minimum absolute atomic E-state index is 0.219. The van der Waals surface area contributed by atoms with Gasteiger partial charge in [-0.3, -0.25) is 9.59 Å². The van der Waals surface area contributed by atoms with Crippen molar-refractivity contribution in [2.45, 2.75) is 11.8 Å². The first kappa shape index (κ1) is 23.2. The maximum atomic E-state index is 12.4. The summed E-state index contributed by atoms with van der Waals surface area (Å²) in [5.74, 6) is -0.499. The van der Waals surface area contributed by atoms with E-state index in [0.717, 1.165) is 6.26 Å². The molecule has 0 aliphatic rings. The first-order chi connectivity index (χ1) is 15.1. The molecule has 9 heteroatoms. The molecule has 0 bridgehead atoms. The van der Waals surface area contributed by atoms with Gasteiger partial charge in [-0.25, -0.2) is 13.4 Å². The number of sulfone groups is 1. The zero-order valence-electron chi connectivity index (χ0n) is 17.3. The fourth-order valence-corrected chi connectivity index (χ4v) is 3.84. The van der Waals surface area contributed by atoms with E-state index in [0.29, 0.717) is 27.5 Å². The molecule has 2 aromatic carbocycles. The van der Waals surface area contributed by atoms with E-state index in [9.17, 15) is 18.0 Å². The second-order valence-electron chi connectivity index (χ2n) is 6.96. The molecule has 0 saturated carbocycles. The molecule has 1 aromatic heterocycles. The van der Waals surface area contributed by atoms with E-state index < -0.39 is 21.7 Å². The van der Waals surface area contributed by atoms with E-state index in [-0.39, 0.29) is 10.5 Å². The topological polar surface area (TPSA) is 105 Å². The van der Waals surface area contributed by atoms with E-state index in [1.807, 2.05) is 0 Å². The Morgan fingerprint density at radius 3 is 2.31 bits per heavy atom. The molecule has 2 N–H and O–H groups in total. The van der Waals surface area contributed by atoms with Crippen LogP contribution in [0.15, 0.2) is 83.5 Å². The van der Waals surface area contributed by atoms with Gasteiger partial charge in [-0.2, -0.15) is 0 Å². The molecule has 0 spiro atoms. The summed E-state index contributed by atoms with van der Waals surface area (Å²) in [4.78, 5) is 28.8. The Morgan fingerprint density at radius 2 is 1.69 bits per heavy atom. The van der Waals surface area contributed by atoms with E-state index in [1.54, 1.807) is 67.6 Å². The van der Waals surface area contributed by atoms with Gasteiger partial charge in [0.25, 0.3) is 11.8 Å². The normalized spacial score (nSPS) is 11.7. The number of halogens is 1. The zero-order chi connectivity index (χ0) is 23.3. The molecule has 0 aliphatic heterocycles. The van der Waals surface area contributed by atoms with Crippen molar-refractivity contribution in [1.82, 2.24) is 10.3 Å². The van der Waals surface area contributed by atoms with Gasteiger partial charge in [-0.05, 0) is 42.8 Å². The van der Waals surface area contributed by atoms with Gasteiger partial charge in [0, 0.05) is 35.4 Å². The quantitative estimate of drug-likeness (QED) is 0.529. The van der Waals surface area contributed by atoms with Crippen LogP contribution in [-0.2, 0) is 14.6 Å². The smallest absolute Gasteiger partial charge is 0.255 e. The summed E-state index contributed by atoms with van der Waals surface area (Å²) >= 11 is 5.76. The van der Waals surface area contributed by atoms with Crippen LogP contribution in [0.5, 0.6) is 0 Å². The van der Waals surface area contributed by atoms with Crippen molar-refractivity contribution < 1.29 is 18.0 Å². The van der Waals surface area contributed by atoms with Crippen molar-refractivity contribution in [3.8, 4) is 11.1 Å². The highest BCUT2D eigenvalue weighted by Crippen LogP contribution is 2.27. The number of aromatic nitrogens is 1. The number of benzene rings is 2. The number of amides is 2. The van der Waals surface area contributed by atoms with Crippen LogP contribution in [0.25, 0.3) is 11.1 Å². The number of carbonyl (C=O) groups excluding carboxylic acids is 2. The number of hydrogen-bond donors (Lipinski definition) is 2. The molecule has 0 saturated heterocycles. The zero-order valence-corrected chi connectivity index (χ0v) is 18.9. The van der Waals surface area contributed by atoms with Gasteiger partial charge in [0.15, 0.2) is 9.84 Å². The lowest BCUT2D eigenvalue weighted by Crippen LogP contribution is -2.21. The number of anilines is 1. The van der Waals surface area contributed by atoms with Crippen LogP contribution in [-0.4, -0.2) is 31.5 Å². The molecule has 32 heavy (non-hydrogen) atoms. The second kappa shape index (κ2) is 9.76. The number of nitrogens with zero attached hydrogens (tertiary/aromatic N) is 1. The van der Waals surface area contributed by atoms with E-state index in [2.05, 4.69) is 15.6 Å². The fourth-order valence-electron chi connectivity index (χ4n) is 2.82. The molecule has 0 atom stereocenters.